The molecule has 35 heavy (non-hydrogen) atoms. The average Bonchev–Trinajstić information content (AvgIpc) is 2.86. The van der Waals surface area contributed by atoms with Gasteiger partial charge in [-0.05, 0) is 60.7 Å². The Morgan fingerprint density at radius 1 is 1.03 bits per heavy atom. The number of hydrogen-bond donors (Lipinski definition) is 2. The Bertz CT molecular complexity index is 1160. The van der Waals surface area contributed by atoms with Gasteiger partial charge < -0.3 is 10.6 Å². The molecule has 186 valence electrons. The van der Waals surface area contributed by atoms with E-state index in [4.69, 9.17) is 16.9 Å². The summed E-state index contributed by atoms with van der Waals surface area (Å²) in [6.07, 6.45) is 3.06. The average molecular weight is 534 g/mol. The molecule has 1 aliphatic carbocycles. The minimum Gasteiger partial charge on any atom is -0.351 e. The van der Waals surface area contributed by atoms with Gasteiger partial charge in [0.2, 0.25) is 11.8 Å². The summed E-state index contributed by atoms with van der Waals surface area (Å²) in [5.41, 5.74) is 0.949. The van der Waals surface area contributed by atoms with Gasteiger partial charge in [-0.25, -0.2) is 8.42 Å². The first-order valence-electron chi connectivity index (χ1n) is 11.4. The second-order valence-corrected chi connectivity index (χ2v) is 12.0. The fourth-order valence-electron chi connectivity index (χ4n) is 4.13. The lowest BCUT2D eigenvalue weighted by Crippen LogP contribution is -2.39. The van der Waals surface area contributed by atoms with Crippen LogP contribution in [-0.4, -0.2) is 38.3 Å². The minimum absolute atomic E-state index is 0.0763. The van der Waals surface area contributed by atoms with Gasteiger partial charge in [0.1, 0.15) is 6.54 Å². The van der Waals surface area contributed by atoms with Crippen LogP contribution in [0.3, 0.4) is 0 Å². The molecular weight excluding hydrogens is 506 g/mol. The molecule has 10 heteroatoms. The highest BCUT2D eigenvalue weighted by Gasteiger charge is 2.34. The standard InChI is InChI=1S/C25H28ClN3O4S2/c26-20-7-5-18(6-8-20)15-29-24(30)16-34-21-9-11-22(12-10-21)35(32,33)17-19-3-1-2-4-23(19)25(31)28-14-13-27/h5-12,19,23H,1-4,14-17H2,(H,28,31)(H,29,30). The molecule has 1 aliphatic rings. The van der Waals surface area contributed by atoms with Crippen molar-refractivity contribution in [3.63, 3.8) is 0 Å². The second-order valence-electron chi connectivity index (χ2n) is 8.47. The van der Waals surface area contributed by atoms with Crippen LogP contribution in [0, 0.1) is 23.2 Å². The maximum Gasteiger partial charge on any atom is 0.230 e. The predicted octanol–water partition coefficient (Wildman–Crippen LogP) is 3.97. The van der Waals surface area contributed by atoms with E-state index in [1.165, 1.54) is 11.8 Å². The first-order valence-corrected chi connectivity index (χ1v) is 14.4. The van der Waals surface area contributed by atoms with Crippen molar-refractivity contribution in [3.05, 3.63) is 59.1 Å². The number of nitrogens with zero attached hydrogens (tertiary/aromatic N) is 1. The number of carbonyl (C=O) groups excluding carboxylic acids is 2. The Kier molecular flexibility index (Phi) is 10.0. The van der Waals surface area contributed by atoms with Crippen molar-refractivity contribution < 1.29 is 18.0 Å². The lowest BCUT2D eigenvalue weighted by molar-refractivity contribution is -0.127. The van der Waals surface area contributed by atoms with Gasteiger partial charge in [0.15, 0.2) is 9.84 Å². The maximum absolute atomic E-state index is 13.0. The van der Waals surface area contributed by atoms with Crippen molar-refractivity contribution in [2.45, 2.75) is 42.0 Å². The van der Waals surface area contributed by atoms with Crippen LogP contribution in [0.15, 0.2) is 58.3 Å². The molecule has 0 radical (unpaired) electrons. The first-order chi connectivity index (χ1) is 16.8. The molecule has 1 saturated carbocycles. The number of hydrogen-bond acceptors (Lipinski definition) is 6. The molecule has 2 atom stereocenters. The summed E-state index contributed by atoms with van der Waals surface area (Å²) in [4.78, 5) is 25.5. The van der Waals surface area contributed by atoms with Crippen LogP contribution < -0.4 is 10.6 Å². The van der Waals surface area contributed by atoms with Gasteiger partial charge in [-0.1, -0.05) is 36.6 Å². The molecule has 2 aromatic rings. The monoisotopic (exact) mass is 533 g/mol. The number of sulfone groups is 1. The van der Waals surface area contributed by atoms with Crippen molar-refractivity contribution in [2.75, 3.05) is 18.1 Å². The molecule has 2 unspecified atom stereocenters. The molecule has 2 N–H and O–H groups in total. The summed E-state index contributed by atoms with van der Waals surface area (Å²) in [6.45, 7) is 0.331. The fourth-order valence-corrected chi connectivity index (χ4v) is 6.69. The zero-order valence-corrected chi connectivity index (χ0v) is 21.6. The molecule has 2 aromatic carbocycles. The zero-order valence-electron chi connectivity index (χ0n) is 19.2. The van der Waals surface area contributed by atoms with E-state index in [-0.39, 0.29) is 40.7 Å². The third-order valence-electron chi connectivity index (χ3n) is 5.98. The van der Waals surface area contributed by atoms with E-state index in [0.29, 0.717) is 24.4 Å². The van der Waals surface area contributed by atoms with Crippen LogP contribution in [-0.2, 0) is 26.0 Å². The minimum atomic E-state index is -3.58. The predicted molar refractivity (Wildman–Crippen MR) is 137 cm³/mol. The quantitative estimate of drug-likeness (QED) is 0.352. The van der Waals surface area contributed by atoms with Gasteiger partial charge in [0.05, 0.1) is 22.5 Å². The Hall–Kier alpha value is -2.54. The van der Waals surface area contributed by atoms with Crippen molar-refractivity contribution in [1.82, 2.24) is 10.6 Å². The highest BCUT2D eigenvalue weighted by molar-refractivity contribution is 8.00. The third-order valence-corrected chi connectivity index (χ3v) is 9.10. The molecule has 1 fully saturated rings. The zero-order chi connectivity index (χ0) is 25.3. The Balaban J connectivity index is 1.52. The van der Waals surface area contributed by atoms with Crippen LogP contribution in [0.5, 0.6) is 0 Å². The highest BCUT2D eigenvalue weighted by atomic mass is 35.5. The van der Waals surface area contributed by atoms with E-state index in [1.54, 1.807) is 36.4 Å². The molecule has 0 heterocycles. The molecule has 7 nitrogen and oxygen atoms in total. The van der Waals surface area contributed by atoms with Crippen LogP contribution in [0.4, 0.5) is 0 Å². The molecular formula is C25H28ClN3O4S2. The van der Waals surface area contributed by atoms with E-state index >= 15 is 0 Å². The number of thioether (sulfide) groups is 1. The van der Waals surface area contributed by atoms with Crippen LogP contribution in [0.1, 0.15) is 31.2 Å². The summed E-state index contributed by atoms with van der Waals surface area (Å²) in [6, 6.07) is 15.6. The van der Waals surface area contributed by atoms with Crippen LogP contribution in [0.2, 0.25) is 5.02 Å². The molecule has 3 rings (SSSR count). The maximum atomic E-state index is 13.0. The van der Waals surface area contributed by atoms with Crippen LogP contribution >= 0.6 is 23.4 Å². The third kappa shape index (κ3) is 8.27. The SMILES string of the molecule is N#CCNC(=O)C1CCCCC1CS(=O)(=O)c1ccc(SCC(=O)NCc2ccc(Cl)cc2)cc1. The summed E-state index contributed by atoms with van der Waals surface area (Å²) in [5, 5.41) is 14.8. The van der Waals surface area contributed by atoms with Crippen LogP contribution in [0.25, 0.3) is 0 Å². The first kappa shape index (κ1) is 27.1. The number of nitriles is 1. The van der Waals surface area contributed by atoms with Gasteiger partial charge in [0.25, 0.3) is 0 Å². The Morgan fingerprint density at radius 3 is 2.40 bits per heavy atom. The summed E-state index contributed by atoms with van der Waals surface area (Å²) in [7, 11) is -3.58. The van der Waals surface area contributed by atoms with Gasteiger partial charge in [-0.3, -0.25) is 9.59 Å². The Morgan fingerprint density at radius 2 is 1.71 bits per heavy atom. The Labute approximate surface area is 215 Å². The number of halogens is 1. The normalized spacial score (nSPS) is 17.8. The fraction of sp³-hybridized carbons (Fsp3) is 0.400. The second kappa shape index (κ2) is 13.0. The molecule has 2 amide bonds. The molecule has 0 aromatic heterocycles. The van der Waals surface area contributed by atoms with Crippen molar-refractivity contribution in [1.29, 1.82) is 5.26 Å². The number of benzene rings is 2. The number of carbonyl (C=O) groups is 2. The van der Waals surface area contributed by atoms with Gasteiger partial charge >= 0.3 is 0 Å². The smallest absolute Gasteiger partial charge is 0.230 e. The molecule has 0 aliphatic heterocycles. The van der Waals surface area contributed by atoms with Gasteiger partial charge in [-0.2, -0.15) is 5.26 Å². The van der Waals surface area contributed by atoms with E-state index < -0.39 is 15.8 Å². The lowest BCUT2D eigenvalue weighted by Gasteiger charge is -2.30. The van der Waals surface area contributed by atoms with E-state index in [1.807, 2.05) is 18.2 Å². The molecule has 0 saturated heterocycles. The van der Waals surface area contributed by atoms with E-state index in [0.717, 1.165) is 23.3 Å². The summed E-state index contributed by atoms with van der Waals surface area (Å²) < 4.78 is 26.1. The number of amides is 2. The largest absolute Gasteiger partial charge is 0.351 e. The summed E-state index contributed by atoms with van der Waals surface area (Å²) >= 11 is 7.19. The van der Waals surface area contributed by atoms with E-state index in [9.17, 15) is 18.0 Å². The topological polar surface area (TPSA) is 116 Å². The molecule has 0 bridgehead atoms. The van der Waals surface area contributed by atoms with E-state index in [2.05, 4.69) is 10.6 Å². The number of nitrogens with one attached hydrogen (secondary N) is 2. The van der Waals surface area contributed by atoms with Gasteiger partial charge in [0, 0.05) is 22.4 Å². The van der Waals surface area contributed by atoms with Crippen molar-refractivity contribution in [3.8, 4) is 6.07 Å². The number of rotatable bonds is 10. The summed E-state index contributed by atoms with van der Waals surface area (Å²) in [5.74, 6) is -0.926. The van der Waals surface area contributed by atoms with Crippen molar-refractivity contribution in [2.24, 2.45) is 11.8 Å². The van der Waals surface area contributed by atoms with Crippen molar-refractivity contribution >= 4 is 45.0 Å². The van der Waals surface area contributed by atoms with Gasteiger partial charge in [-0.15, -0.1) is 11.8 Å². The highest BCUT2D eigenvalue weighted by Crippen LogP contribution is 2.33. The lowest BCUT2D eigenvalue weighted by atomic mass is 9.80. The molecule has 0 spiro atoms.